The van der Waals surface area contributed by atoms with E-state index in [2.05, 4.69) is 4.98 Å². The quantitative estimate of drug-likeness (QED) is 0.745. The van der Waals surface area contributed by atoms with Gasteiger partial charge in [0.2, 0.25) is 5.01 Å². The second kappa shape index (κ2) is 6.87. The fraction of sp³-hybridized carbons (Fsp3) is 0.214. The molecule has 6 nitrogen and oxygen atoms in total. The summed E-state index contributed by atoms with van der Waals surface area (Å²) in [4.78, 5) is 25.8. The van der Waals surface area contributed by atoms with Crippen LogP contribution in [0.25, 0.3) is 11.3 Å². The molecule has 0 fully saturated rings. The van der Waals surface area contributed by atoms with Crippen LogP contribution < -0.4 is 5.73 Å². The van der Waals surface area contributed by atoms with Gasteiger partial charge in [-0.25, -0.2) is 9.78 Å². The van der Waals surface area contributed by atoms with Crippen molar-refractivity contribution in [2.45, 2.75) is 12.3 Å². The first-order valence-corrected chi connectivity index (χ1v) is 7.58. The van der Waals surface area contributed by atoms with Gasteiger partial charge < -0.3 is 15.9 Å². The molecule has 116 valence electrons. The first kappa shape index (κ1) is 16.4. The Morgan fingerprint density at radius 2 is 2.09 bits per heavy atom. The number of aliphatic carboxylic acids is 1. The Morgan fingerprint density at radius 1 is 1.36 bits per heavy atom. The highest BCUT2D eigenvalue weighted by Gasteiger charge is 2.18. The number of carboxylic acids is 2. The smallest absolute Gasteiger partial charge is 0.365 e. The predicted molar refractivity (Wildman–Crippen MR) is 83.6 cm³/mol. The van der Waals surface area contributed by atoms with E-state index in [1.807, 2.05) is 0 Å². The molecule has 1 atom stereocenters. The van der Waals surface area contributed by atoms with E-state index in [9.17, 15) is 9.59 Å². The number of hydrogen-bond acceptors (Lipinski definition) is 5. The van der Waals surface area contributed by atoms with Crippen molar-refractivity contribution in [3.05, 3.63) is 39.2 Å². The van der Waals surface area contributed by atoms with Crippen molar-refractivity contribution in [3.63, 3.8) is 0 Å². The van der Waals surface area contributed by atoms with Crippen molar-refractivity contribution in [2.24, 2.45) is 5.73 Å². The molecule has 1 aromatic carbocycles. The first-order chi connectivity index (χ1) is 10.4. The number of thiazole rings is 1. The van der Waals surface area contributed by atoms with Crippen LogP contribution in [-0.2, 0) is 4.79 Å². The number of rotatable bonds is 6. The number of halogens is 1. The molecule has 4 N–H and O–H groups in total. The Morgan fingerprint density at radius 3 is 2.64 bits per heavy atom. The molecule has 1 aromatic heterocycles. The molecule has 0 aliphatic heterocycles. The van der Waals surface area contributed by atoms with Crippen LogP contribution in [0.1, 0.15) is 27.7 Å². The lowest BCUT2D eigenvalue weighted by molar-refractivity contribution is -0.137. The summed E-state index contributed by atoms with van der Waals surface area (Å²) in [6.45, 7) is 0.185. The lowest BCUT2D eigenvalue weighted by Gasteiger charge is -2.14. The van der Waals surface area contributed by atoms with Crippen LogP contribution in [0.3, 0.4) is 0 Å². The number of benzene rings is 1. The summed E-state index contributed by atoms with van der Waals surface area (Å²) in [5.41, 5.74) is 7.37. The zero-order valence-electron chi connectivity index (χ0n) is 11.3. The van der Waals surface area contributed by atoms with Crippen molar-refractivity contribution in [1.29, 1.82) is 0 Å². The second-order valence-corrected chi connectivity index (χ2v) is 5.88. The molecule has 0 amide bonds. The highest BCUT2D eigenvalue weighted by atomic mass is 35.5. The fourth-order valence-electron chi connectivity index (χ4n) is 2.04. The van der Waals surface area contributed by atoms with Gasteiger partial charge in [0.15, 0.2) is 0 Å². The maximum Gasteiger partial charge on any atom is 0.365 e. The fourth-order valence-corrected chi connectivity index (χ4v) is 2.91. The number of nitrogens with two attached hydrogens (primary N) is 1. The lowest BCUT2D eigenvalue weighted by Crippen LogP contribution is -2.16. The van der Waals surface area contributed by atoms with E-state index in [4.69, 9.17) is 27.5 Å². The maximum atomic E-state index is 10.9. The summed E-state index contributed by atoms with van der Waals surface area (Å²) >= 11 is 7.15. The average molecular weight is 341 g/mol. The molecule has 2 aromatic rings. The van der Waals surface area contributed by atoms with E-state index in [0.29, 0.717) is 16.3 Å². The molecule has 22 heavy (non-hydrogen) atoms. The van der Waals surface area contributed by atoms with E-state index in [1.165, 1.54) is 0 Å². The minimum Gasteiger partial charge on any atom is -0.481 e. The summed E-state index contributed by atoms with van der Waals surface area (Å²) in [5, 5.41) is 19.8. The Kier molecular flexibility index (Phi) is 5.12. The summed E-state index contributed by atoms with van der Waals surface area (Å²) < 4.78 is 0. The molecule has 1 unspecified atom stereocenters. The van der Waals surface area contributed by atoms with Gasteiger partial charge in [0, 0.05) is 16.9 Å². The average Bonchev–Trinajstić information content (AvgIpc) is 2.95. The summed E-state index contributed by atoms with van der Waals surface area (Å²) in [6.07, 6.45) is -0.0883. The normalized spacial score (nSPS) is 12.1. The third kappa shape index (κ3) is 3.62. The highest BCUT2D eigenvalue weighted by molar-refractivity contribution is 7.11. The Labute approximate surface area is 135 Å². The zero-order valence-corrected chi connectivity index (χ0v) is 12.9. The van der Waals surface area contributed by atoms with Gasteiger partial charge in [0.25, 0.3) is 0 Å². The lowest BCUT2D eigenvalue weighted by atomic mass is 9.94. The van der Waals surface area contributed by atoms with E-state index in [1.54, 1.807) is 23.6 Å². The standard InChI is InChI=1S/C14H13ClN2O4S/c15-10-2-1-7(8(5-16)4-12(18)19)3-9(10)11-6-22-13(17-11)14(20)21/h1-3,6,8H,4-5,16H2,(H,18,19)(H,20,21). The predicted octanol–water partition coefficient (Wildman–Crippen LogP) is 2.68. The molecule has 0 radical (unpaired) electrons. The van der Waals surface area contributed by atoms with Crippen LogP contribution in [0.5, 0.6) is 0 Å². The van der Waals surface area contributed by atoms with Gasteiger partial charge >= 0.3 is 11.9 Å². The monoisotopic (exact) mass is 340 g/mol. The van der Waals surface area contributed by atoms with Gasteiger partial charge in [-0.1, -0.05) is 17.7 Å². The van der Waals surface area contributed by atoms with Crippen molar-refractivity contribution >= 4 is 34.9 Å². The van der Waals surface area contributed by atoms with E-state index in [-0.39, 0.29) is 23.9 Å². The summed E-state index contributed by atoms with van der Waals surface area (Å²) in [6, 6.07) is 5.07. The Hall–Kier alpha value is -1.96. The second-order valence-electron chi connectivity index (χ2n) is 4.61. The molecule has 2 rings (SSSR count). The van der Waals surface area contributed by atoms with Crippen molar-refractivity contribution in [2.75, 3.05) is 6.54 Å². The molecule has 0 spiro atoms. The molecule has 0 bridgehead atoms. The third-order valence-corrected chi connectivity index (χ3v) is 4.29. The van der Waals surface area contributed by atoms with Crippen LogP contribution in [-0.4, -0.2) is 33.7 Å². The molecule has 1 heterocycles. The number of aromatic carboxylic acids is 1. The maximum absolute atomic E-state index is 10.9. The van der Waals surface area contributed by atoms with Gasteiger partial charge in [-0.3, -0.25) is 4.79 Å². The zero-order chi connectivity index (χ0) is 16.3. The van der Waals surface area contributed by atoms with Gasteiger partial charge in [-0.05, 0) is 24.2 Å². The van der Waals surface area contributed by atoms with E-state index >= 15 is 0 Å². The van der Waals surface area contributed by atoms with Gasteiger partial charge in [-0.2, -0.15) is 0 Å². The number of carbonyl (C=O) groups is 2. The van der Waals surface area contributed by atoms with Crippen LogP contribution in [0.2, 0.25) is 5.02 Å². The number of nitrogens with zero attached hydrogens (tertiary/aromatic N) is 1. The van der Waals surface area contributed by atoms with Crippen molar-refractivity contribution < 1.29 is 19.8 Å². The van der Waals surface area contributed by atoms with Crippen LogP contribution in [0.15, 0.2) is 23.6 Å². The topological polar surface area (TPSA) is 114 Å². The Bertz CT molecular complexity index is 717. The number of hydrogen-bond donors (Lipinski definition) is 3. The minimum absolute atomic E-state index is 0.0302. The van der Waals surface area contributed by atoms with Crippen LogP contribution in [0, 0.1) is 0 Å². The molecule has 0 aliphatic rings. The van der Waals surface area contributed by atoms with Crippen LogP contribution >= 0.6 is 22.9 Å². The SMILES string of the molecule is NCC(CC(=O)O)c1ccc(Cl)c(-c2csc(C(=O)O)n2)c1. The van der Waals surface area contributed by atoms with Crippen molar-refractivity contribution in [3.8, 4) is 11.3 Å². The van der Waals surface area contributed by atoms with Gasteiger partial charge in [-0.15, -0.1) is 11.3 Å². The molecule has 8 heteroatoms. The van der Waals surface area contributed by atoms with Crippen molar-refractivity contribution in [1.82, 2.24) is 4.98 Å². The van der Waals surface area contributed by atoms with E-state index < -0.39 is 11.9 Å². The van der Waals surface area contributed by atoms with Gasteiger partial charge in [0.05, 0.1) is 17.1 Å². The Balaban J connectivity index is 2.41. The third-order valence-electron chi connectivity index (χ3n) is 3.13. The molecular weight excluding hydrogens is 328 g/mol. The number of carboxylic acid groups (broad SMARTS) is 2. The number of aromatic nitrogens is 1. The van der Waals surface area contributed by atoms with Gasteiger partial charge in [0.1, 0.15) is 0 Å². The molecular formula is C14H13ClN2O4S. The minimum atomic E-state index is -1.10. The van der Waals surface area contributed by atoms with E-state index in [0.717, 1.165) is 16.9 Å². The molecule has 0 aliphatic carbocycles. The molecule has 0 saturated carbocycles. The first-order valence-electron chi connectivity index (χ1n) is 6.33. The summed E-state index contributed by atoms with van der Waals surface area (Å²) in [5.74, 6) is -2.38. The largest absolute Gasteiger partial charge is 0.481 e. The van der Waals surface area contributed by atoms with Crippen LogP contribution in [0.4, 0.5) is 0 Å². The highest BCUT2D eigenvalue weighted by Crippen LogP contribution is 2.32. The summed E-state index contributed by atoms with van der Waals surface area (Å²) in [7, 11) is 0. The molecule has 0 saturated heterocycles.